The first-order valence-corrected chi connectivity index (χ1v) is 21.4. The van der Waals surface area contributed by atoms with Crippen molar-refractivity contribution in [3.8, 4) is 22.3 Å². The van der Waals surface area contributed by atoms with E-state index in [4.69, 9.17) is 0 Å². The first-order chi connectivity index (χ1) is 22.8. The topological polar surface area (TPSA) is 0 Å². The van der Waals surface area contributed by atoms with Crippen molar-refractivity contribution >= 4 is 20.2 Å². The molecule has 248 valence electrons. The second kappa shape index (κ2) is 12.2. The predicted octanol–water partition coefficient (Wildman–Crippen LogP) is 13.8. The molecule has 3 aliphatic rings. The minimum atomic E-state index is -2.06. The number of benzene rings is 4. The van der Waals surface area contributed by atoms with E-state index in [-0.39, 0.29) is 10.8 Å². The van der Waals surface area contributed by atoms with E-state index in [1.54, 1.807) is 22.3 Å². The van der Waals surface area contributed by atoms with Crippen molar-refractivity contribution in [2.75, 3.05) is 0 Å². The van der Waals surface area contributed by atoms with Crippen LogP contribution in [0.4, 0.5) is 0 Å². The molecule has 0 aromatic heterocycles. The SMILES string of the molecule is CC1=Cc2c(-c3ccc(C(C)(C)C)cc3)cccc2C1[Si](C)(C1CCCCC1)C1C(C)=Cc2c(-c3ccc(C(C)(C)C)cc3)cccc21. The fourth-order valence-corrected chi connectivity index (χ4v) is 16.8. The van der Waals surface area contributed by atoms with Crippen molar-refractivity contribution in [3.05, 3.63) is 129 Å². The van der Waals surface area contributed by atoms with Gasteiger partial charge in [-0.1, -0.05) is 188 Å². The molecule has 0 spiro atoms. The van der Waals surface area contributed by atoms with Crippen molar-refractivity contribution in [1.29, 1.82) is 0 Å². The van der Waals surface area contributed by atoms with E-state index in [1.807, 2.05) is 0 Å². The van der Waals surface area contributed by atoms with Gasteiger partial charge in [0.15, 0.2) is 0 Å². The first kappa shape index (κ1) is 33.1. The maximum atomic E-state index is 2.83. The Kier molecular flexibility index (Phi) is 8.39. The van der Waals surface area contributed by atoms with Crippen LogP contribution in [0.5, 0.6) is 0 Å². The third kappa shape index (κ3) is 5.61. The molecule has 1 saturated carbocycles. The molecule has 2 atom stereocenters. The molecule has 0 amide bonds. The third-order valence-corrected chi connectivity index (χ3v) is 18.8. The normalized spacial score (nSPS) is 20.9. The summed E-state index contributed by atoms with van der Waals surface area (Å²) in [6.07, 6.45) is 12.1. The Hall–Kier alpha value is -3.42. The standard InChI is InChI=1S/C47H56Si/c1-31-29-42-38(33-21-25-35(26-22-33)46(3,4)5)17-13-19-40(42)44(31)48(9,37-15-11-10-12-16-37)45-32(2)30-43-39(18-14-20-41(43)45)34-23-27-36(28-24-34)47(6,7)8/h13-14,17-30,37,44-45H,10-12,15-16H2,1-9H3. The summed E-state index contributed by atoms with van der Waals surface area (Å²) in [6, 6.07) is 33.2. The minimum absolute atomic E-state index is 0.158. The summed E-state index contributed by atoms with van der Waals surface area (Å²) in [5.74, 6) is 0. The largest absolute Gasteiger partial charge is 0.0781 e. The number of hydrogen-bond acceptors (Lipinski definition) is 0. The van der Waals surface area contributed by atoms with Gasteiger partial charge in [0.1, 0.15) is 0 Å². The van der Waals surface area contributed by atoms with Crippen molar-refractivity contribution < 1.29 is 0 Å². The van der Waals surface area contributed by atoms with Crippen LogP contribution in [-0.4, -0.2) is 8.07 Å². The van der Waals surface area contributed by atoms with E-state index in [1.165, 1.54) is 76.6 Å². The molecule has 0 aliphatic heterocycles. The van der Waals surface area contributed by atoms with Crippen LogP contribution in [0.25, 0.3) is 34.4 Å². The summed E-state index contributed by atoms with van der Waals surface area (Å²) in [5.41, 5.74) is 19.8. The average molecular weight is 649 g/mol. The molecule has 48 heavy (non-hydrogen) atoms. The molecule has 7 rings (SSSR count). The highest BCUT2D eigenvalue weighted by Gasteiger charge is 2.54. The lowest BCUT2D eigenvalue weighted by Gasteiger charge is -2.49. The van der Waals surface area contributed by atoms with Crippen molar-refractivity contribution in [3.63, 3.8) is 0 Å². The van der Waals surface area contributed by atoms with Gasteiger partial charge in [0.25, 0.3) is 0 Å². The fourth-order valence-electron chi connectivity index (χ4n) is 9.92. The van der Waals surface area contributed by atoms with Gasteiger partial charge in [-0.25, -0.2) is 0 Å². The van der Waals surface area contributed by atoms with Gasteiger partial charge in [-0.3, -0.25) is 0 Å². The maximum absolute atomic E-state index is 2.83. The molecule has 0 N–H and O–H groups in total. The Balaban J connectivity index is 1.34. The molecule has 1 fully saturated rings. The summed E-state index contributed by atoms with van der Waals surface area (Å²) in [4.78, 5) is 0. The van der Waals surface area contributed by atoms with Gasteiger partial charge in [0, 0.05) is 11.1 Å². The number of fused-ring (bicyclic) bond motifs is 2. The molecule has 0 heterocycles. The van der Waals surface area contributed by atoms with Gasteiger partial charge in [-0.2, -0.15) is 0 Å². The molecule has 4 aromatic carbocycles. The minimum Gasteiger partial charge on any atom is -0.0678 e. The van der Waals surface area contributed by atoms with Crippen LogP contribution >= 0.6 is 0 Å². The second-order valence-corrected chi connectivity index (χ2v) is 22.3. The van der Waals surface area contributed by atoms with Crippen LogP contribution < -0.4 is 0 Å². The monoisotopic (exact) mass is 648 g/mol. The fraction of sp³-hybridized carbons (Fsp3) is 0.404. The Morgan fingerprint density at radius 2 is 0.917 bits per heavy atom. The third-order valence-electron chi connectivity index (χ3n) is 12.4. The van der Waals surface area contributed by atoms with Gasteiger partial charge in [-0.15, -0.1) is 0 Å². The summed E-state index contributed by atoms with van der Waals surface area (Å²) in [5, 5.41) is 0. The number of allylic oxidation sites excluding steroid dienone is 2. The lowest BCUT2D eigenvalue weighted by Crippen LogP contribution is -2.50. The maximum Gasteiger partial charge on any atom is 0.0781 e. The van der Waals surface area contributed by atoms with Gasteiger partial charge in [0.2, 0.25) is 0 Å². The van der Waals surface area contributed by atoms with Crippen molar-refractivity contribution in [2.24, 2.45) is 0 Å². The molecule has 3 aliphatic carbocycles. The summed E-state index contributed by atoms with van der Waals surface area (Å²) < 4.78 is 0. The zero-order valence-corrected chi connectivity index (χ0v) is 32.0. The molecular weight excluding hydrogens is 593 g/mol. The molecule has 1 heteroatoms. The summed E-state index contributed by atoms with van der Waals surface area (Å²) in [6.45, 7) is 21.6. The van der Waals surface area contributed by atoms with E-state index >= 15 is 0 Å². The highest BCUT2D eigenvalue weighted by atomic mass is 28.3. The van der Waals surface area contributed by atoms with Gasteiger partial charge in [-0.05, 0) is 85.9 Å². The molecule has 0 radical (unpaired) electrons. The van der Waals surface area contributed by atoms with Gasteiger partial charge in [0.05, 0.1) is 8.07 Å². The molecule has 0 bridgehead atoms. The summed E-state index contributed by atoms with van der Waals surface area (Å²) in [7, 11) is -2.06. The highest BCUT2D eigenvalue weighted by molar-refractivity contribution is 6.84. The van der Waals surface area contributed by atoms with E-state index in [2.05, 4.69) is 159 Å². The molecular formula is C47H56Si. The van der Waals surface area contributed by atoms with Crippen LogP contribution in [0.15, 0.2) is 96.1 Å². The van der Waals surface area contributed by atoms with Crippen LogP contribution in [0, 0.1) is 0 Å². The lowest BCUT2D eigenvalue weighted by molar-refractivity contribution is 0.484. The summed E-state index contributed by atoms with van der Waals surface area (Å²) >= 11 is 0. The Morgan fingerprint density at radius 3 is 1.29 bits per heavy atom. The number of hydrogen-bond donors (Lipinski definition) is 0. The van der Waals surface area contributed by atoms with E-state index in [9.17, 15) is 0 Å². The van der Waals surface area contributed by atoms with E-state index in [0.717, 1.165) is 5.54 Å². The molecule has 2 unspecified atom stereocenters. The molecule has 4 aromatic rings. The zero-order chi connectivity index (χ0) is 34.0. The predicted molar refractivity (Wildman–Crippen MR) is 212 cm³/mol. The van der Waals surface area contributed by atoms with E-state index < -0.39 is 8.07 Å². The average Bonchev–Trinajstić information content (AvgIpc) is 3.60. The zero-order valence-electron chi connectivity index (χ0n) is 31.0. The lowest BCUT2D eigenvalue weighted by atomic mass is 9.86. The van der Waals surface area contributed by atoms with Crippen molar-refractivity contribution in [1.82, 2.24) is 0 Å². The van der Waals surface area contributed by atoms with Gasteiger partial charge >= 0.3 is 0 Å². The second-order valence-electron chi connectivity index (χ2n) is 17.6. The van der Waals surface area contributed by atoms with Crippen molar-refractivity contribution in [2.45, 2.75) is 121 Å². The van der Waals surface area contributed by atoms with E-state index in [0.29, 0.717) is 11.1 Å². The molecule has 0 nitrogen and oxygen atoms in total. The van der Waals surface area contributed by atoms with Crippen LogP contribution in [0.2, 0.25) is 12.1 Å². The smallest absolute Gasteiger partial charge is 0.0678 e. The van der Waals surface area contributed by atoms with Crippen LogP contribution in [0.1, 0.15) is 132 Å². The highest BCUT2D eigenvalue weighted by Crippen LogP contribution is 2.60. The number of rotatable bonds is 5. The molecule has 0 saturated heterocycles. The Morgan fingerprint density at radius 1 is 0.521 bits per heavy atom. The van der Waals surface area contributed by atoms with Crippen LogP contribution in [0.3, 0.4) is 0 Å². The quantitative estimate of drug-likeness (QED) is 0.189. The first-order valence-electron chi connectivity index (χ1n) is 18.6. The Bertz CT molecular complexity index is 1750. The van der Waals surface area contributed by atoms with Crippen LogP contribution in [-0.2, 0) is 10.8 Å². The Labute approximate surface area is 292 Å². The van der Waals surface area contributed by atoms with Gasteiger partial charge < -0.3 is 0 Å².